The van der Waals surface area contributed by atoms with Crippen molar-refractivity contribution in [2.45, 2.75) is 0 Å². The van der Waals surface area contributed by atoms with E-state index in [9.17, 15) is 4.79 Å². The van der Waals surface area contributed by atoms with Crippen molar-refractivity contribution in [1.82, 2.24) is 10.9 Å². The van der Waals surface area contributed by atoms with E-state index >= 15 is 0 Å². The number of hydrogen-bond acceptors (Lipinski definition) is 5. The summed E-state index contributed by atoms with van der Waals surface area (Å²) in [5.41, 5.74) is 4.84. The van der Waals surface area contributed by atoms with Crippen LogP contribution in [0.2, 0.25) is 0 Å². The number of amides is 1. The standard InChI is InChI=1S/C4H9N2O2PS.CH4O.H2O/c1-5-6-4(7)3-8-9(2)10;1-2;/h5H,3H2,1-2H3;2H,1H3;1H2/p+1. The van der Waals surface area contributed by atoms with Crippen molar-refractivity contribution < 1.29 is 19.9 Å². The Morgan fingerprint density at radius 1 is 1.62 bits per heavy atom. The van der Waals surface area contributed by atoms with Crippen molar-refractivity contribution in [2.75, 3.05) is 27.4 Å². The predicted molar refractivity (Wildman–Crippen MR) is 55.1 cm³/mol. The number of aliphatic hydroxyl groups is 1. The highest BCUT2D eigenvalue weighted by Crippen LogP contribution is 2.14. The van der Waals surface area contributed by atoms with Gasteiger partial charge in [-0.3, -0.25) is 10.2 Å². The molecule has 0 aromatic carbocycles. The van der Waals surface area contributed by atoms with Crippen LogP contribution in [0.1, 0.15) is 0 Å². The number of carbonyl (C=O) groups excluding carboxylic acids is 1. The van der Waals surface area contributed by atoms with Crippen molar-refractivity contribution in [3.63, 3.8) is 0 Å². The number of carbonyl (C=O) groups is 1. The van der Waals surface area contributed by atoms with Crippen LogP contribution < -0.4 is 10.9 Å². The van der Waals surface area contributed by atoms with Crippen molar-refractivity contribution in [3.8, 4) is 0 Å². The maximum absolute atomic E-state index is 10.6. The molecule has 13 heavy (non-hydrogen) atoms. The lowest BCUT2D eigenvalue weighted by Crippen LogP contribution is -2.36. The molecule has 1 unspecified atom stereocenters. The van der Waals surface area contributed by atoms with E-state index in [0.717, 1.165) is 7.11 Å². The third kappa shape index (κ3) is 18.6. The molecular formula is C5H16N2O4PS+. The first-order chi connectivity index (χ1) is 5.66. The van der Waals surface area contributed by atoms with E-state index in [1.165, 1.54) is 0 Å². The second-order valence-electron chi connectivity index (χ2n) is 1.51. The monoisotopic (exact) mass is 231 g/mol. The molecule has 80 valence electrons. The van der Waals surface area contributed by atoms with Crippen LogP contribution >= 0.6 is 6.92 Å². The summed E-state index contributed by atoms with van der Waals surface area (Å²) in [5.74, 6) is -0.207. The van der Waals surface area contributed by atoms with Gasteiger partial charge in [-0.1, -0.05) is 0 Å². The van der Waals surface area contributed by atoms with Crippen LogP contribution in [0.25, 0.3) is 0 Å². The Bertz CT molecular complexity index is 146. The molecule has 1 atom stereocenters. The molecule has 0 rings (SSSR count). The van der Waals surface area contributed by atoms with E-state index in [0.29, 0.717) is 0 Å². The summed E-state index contributed by atoms with van der Waals surface area (Å²) in [6.45, 7) is 0.947. The maximum Gasteiger partial charge on any atom is 0.334 e. The van der Waals surface area contributed by atoms with Gasteiger partial charge in [0.1, 0.15) is 6.66 Å². The third-order valence-electron chi connectivity index (χ3n) is 0.642. The highest BCUT2D eigenvalue weighted by atomic mass is 32.4. The first kappa shape index (κ1) is 18.6. The smallest absolute Gasteiger partial charge is 0.334 e. The molecule has 0 aliphatic heterocycles. The molecule has 1 amide bonds. The molecule has 6 nitrogen and oxygen atoms in total. The molecule has 0 saturated heterocycles. The van der Waals surface area contributed by atoms with Gasteiger partial charge < -0.3 is 10.6 Å². The summed E-state index contributed by atoms with van der Waals surface area (Å²) >= 11 is 4.72. The van der Waals surface area contributed by atoms with Crippen LogP contribution in [-0.2, 0) is 21.1 Å². The fraction of sp³-hybridized carbons (Fsp3) is 0.800. The molecule has 0 aromatic heterocycles. The zero-order valence-electron chi connectivity index (χ0n) is 7.83. The molecule has 0 aliphatic carbocycles. The Hall–Kier alpha value is -0.170. The Balaban J connectivity index is -0.000000309. The highest BCUT2D eigenvalue weighted by Gasteiger charge is 2.06. The molecule has 0 aliphatic rings. The van der Waals surface area contributed by atoms with Gasteiger partial charge in [0.15, 0.2) is 18.4 Å². The molecule has 0 bridgehead atoms. The van der Waals surface area contributed by atoms with Crippen LogP contribution in [0, 0.1) is 0 Å². The largest absolute Gasteiger partial charge is 0.412 e. The van der Waals surface area contributed by atoms with Crippen molar-refractivity contribution >= 4 is 24.6 Å². The normalized spacial score (nSPS) is 8.77. The molecule has 0 aromatic rings. The molecular weight excluding hydrogens is 215 g/mol. The van der Waals surface area contributed by atoms with Gasteiger partial charge >= 0.3 is 6.92 Å². The summed E-state index contributed by atoms with van der Waals surface area (Å²) in [6.07, 6.45) is 0. The topological polar surface area (TPSA) is 102 Å². The number of hydrazine groups is 1. The molecule has 0 heterocycles. The summed E-state index contributed by atoms with van der Waals surface area (Å²) < 4.78 is 4.88. The minimum Gasteiger partial charge on any atom is -0.412 e. The zero-order chi connectivity index (χ0) is 9.98. The maximum atomic E-state index is 10.6. The molecule has 5 N–H and O–H groups in total. The number of nitrogens with one attached hydrogen (secondary N) is 2. The minimum absolute atomic E-state index is 0. The third-order valence-corrected chi connectivity index (χ3v) is 1.45. The number of aliphatic hydroxyl groups excluding tert-OH is 1. The molecule has 8 heteroatoms. The van der Waals surface area contributed by atoms with Gasteiger partial charge in [0.05, 0.1) is 0 Å². The summed E-state index contributed by atoms with van der Waals surface area (Å²) in [6, 6.07) is 0. The van der Waals surface area contributed by atoms with E-state index in [1.54, 1.807) is 13.7 Å². The SMILES string of the molecule is CNNC(=O)CO[P+](C)=S.CO.O. The van der Waals surface area contributed by atoms with Crippen molar-refractivity contribution in [3.05, 3.63) is 0 Å². The fourth-order valence-corrected chi connectivity index (χ4v) is 0.782. The average molecular weight is 231 g/mol. The lowest BCUT2D eigenvalue weighted by molar-refractivity contribution is -0.123. The molecule has 0 radical (unpaired) electrons. The van der Waals surface area contributed by atoms with Gasteiger partial charge in [-0.15, -0.1) is 0 Å². The van der Waals surface area contributed by atoms with Gasteiger partial charge in [0, 0.05) is 14.2 Å². The molecule has 0 spiro atoms. The van der Waals surface area contributed by atoms with Crippen LogP contribution in [0.5, 0.6) is 0 Å². The van der Waals surface area contributed by atoms with Crippen LogP contribution in [0.3, 0.4) is 0 Å². The van der Waals surface area contributed by atoms with Gasteiger partial charge in [-0.25, -0.2) is 5.43 Å². The Morgan fingerprint density at radius 3 is 2.38 bits per heavy atom. The summed E-state index contributed by atoms with van der Waals surface area (Å²) in [4.78, 5) is 10.6. The van der Waals surface area contributed by atoms with Gasteiger partial charge in [-0.2, -0.15) is 4.52 Å². The Morgan fingerprint density at radius 2 is 2.08 bits per heavy atom. The van der Waals surface area contributed by atoms with E-state index < -0.39 is 6.92 Å². The first-order valence-electron chi connectivity index (χ1n) is 3.11. The summed E-state index contributed by atoms with van der Waals surface area (Å²) in [5, 5.41) is 7.00. The predicted octanol–water partition coefficient (Wildman–Crippen LogP) is -1.47. The lowest BCUT2D eigenvalue weighted by atomic mass is 10.7. The van der Waals surface area contributed by atoms with E-state index in [4.69, 9.17) is 21.4 Å². The van der Waals surface area contributed by atoms with Gasteiger partial charge in [0.25, 0.3) is 5.91 Å². The van der Waals surface area contributed by atoms with Crippen molar-refractivity contribution in [2.24, 2.45) is 0 Å². The van der Waals surface area contributed by atoms with E-state index in [1.807, 2.05) is 0 Å². The Labute approximate surface area is 83.4 Å². The second-order valence-corrected chi connectivity index (χ2v) is 4.19. The van der Waals surface area contributed by atoms with E-state index in [2.05, 4.69) is 10.9 Å². The number of hydrogen-bond donors (Lipinski definition) is 3. The fourth-order valence-electron chi connectivity index (χ4n) is 0.325. The molecule has 0 fully saturated rings. The van der Waals surface area contributed by atoms with E-state index in [-0.39, 0.29) is 18.0 Å². The lowest BCUT2D eigenvalue weighted by Gasteiger charge is -1.97. The van der Waals surface area contributed by atoms with Crippen LogP contribution in [0.4, 0.5) is 0 Å². The first-order valence-corrected chi connectivity index (χ1v) is 5.83. The highest BCUT2D eigenvalue weighted by molar-refractivity contribution is 8.02. The average Bonchev–Trinajstić information content (AvgIpc) is 2.05. The van der Waals surface area contributed by atoms with Gasteiger partial charge in [0.2, 0.25) is 0 Å². The minimum atomic E-state index is -0.849. The Kier molecular flexibility index (Phi) is 20.5. The molecule has 0 saturated carbocycles. The van der Waals surface area contributed by atoms with Crippen LogP contribution in [0.15, 0.2) is 0 Å². The summed E-state index contributed by atoms with van der Waals surface area (Å²) in [7, 11) is 2.61. The van der Waals surface area contributed by atoms with Crippen LogP contribution in [-0.4, -0.2) is 43.9 Å². The number of rotatable bonds is 4. The quantitative estimate of drug-likeness (QED) is 0.405. The second kappa shape index (κ2) is 14.4. The zero-order valence-corrected chi connectivity index (χ0v) is 9.54. The van der Waals surface area contributed by atoms with Gasteiger partial charge in [-0.05, 0) is 0 Å². The van der Waals surface area contributed by atoms with Crippen molar-refractivity contribution in [1.29, 1.82) is 0 Å².